The molecule has 0 bridgehead atoms. The van der Waals surface area contributed by atoms with Crippen LogP contribution in [0.15, 0.2) is 34.9 Å². The molecule has 0 aliphatic carbocycles. The van der Waals surface area contributed by atoms with E-state index in [1.165, 1.54) is 0 Å². The molecule has 1 aromatic carbocycles. The Bertz CT molecular complexity index is 564. The lowest BCUT2D eigenvalue weighted by molar-refractivity contribution is 0.206. The molecule has 0 radical (unpaired) electrons. The Hall–Kier alpha value is -1.33. The lowest BCUT2D eigenvalue weighted by atomic mass is 10.1. The second kappa shape index (κ2) is 6.41. The van der Waals surface area contributed by atoms with E-state index >= 15 is 0 Å². The molecule has 1 N–H and O–H groups in total. The maximum Gasteiger partial charge on any atom is 0.122 e. The molecule has 5 heteroatoms. The number of aryl methyl sites for hydroxylation is 1. The topological polar surface area (TPSA) is 47.3 Å². The number of aliphatic hydroxyl groups is 1. The number of halogens is 1. The molecule has 1 aromatic heterocycles. The van der Waals surface area contributed by atoms with Gasteiger partial charge in [-0.3, -0.25) is 4.68 Å². The molecule has 1 atom stereocenters. The predicted octanol–water partition coefficient (Wildman–Crippen LogP) is 3.53. The van der Waals surface area contributed by atoms with Crippen LogP contribution < -0.4 is 4.74 Å². The Morgan fingerprint density at radius 3 is 2.50 bits per heavy atom. The molecule has 2 rings (SSSR count). The normalized spacial score (nSPS) is 12.7. The van der Waals surface area contributed by atoms with Gasteiger partial charge in [0.05, 0.1) is 22.5 Å². The summed E-state index contributed by atoms with van der Waals surface area (Å²) in [6.07, 6.45) is 1.14. The van der Waals surface area contributed by atoms with Gasteiger partial charge in [-0.2, -0.15) is 5.10 Å². The predicted molar refractivity (Wildman–Crippen MR) is 81.9 cm³/mol. The second-order valence-electron chi connectivity index (χ2n) is 4.83. The number of hydrogen-bond acceptors (Lipinski definition) is 3. The molecule has 108 valence electrons. The van der Waals surface area contributed by atoms with Crippen LogP contribution in [-0.2, 0) is 6.54 Å². The third kappa shape index (κ3) is 3.22. The van der Waals surface area contributed by atoms with Gasteiger partial charge in [0.2, 0.25) is 0 Å². The first-order valence-electron chi connectivity index (χ1n) is 6.68. The Kier molecular flexibility index (Phi) is 4.83. The number of ether oxygens (including phenoxy) is 1. The smallest absolute Gasteiger partial charge is 0.122 e. The Morgan fingerprint density at radius 2 is 1.95 bits per heavy atom. The van der Waals surface area contributed by atoms with Gasteiger partial charge >= 0.3 is 0 Å². The highest BCUT2D eigenvalue weighted by atomic mass is 79.9. The monoisotopic (exact) mass is 338 g/mol. The van der Waals surface area contributed by atoms with E-state index in [-0.39, 0.29) is 6.10 Å². The van der Waals surface area contributed by atoms with Crippen LogP contribution in [-0.4, -0.2) is 21.0 Å². The highest BCUT2D eigenvalue weighted by Gasteiger charge is 2.19. The molecule has 0 amide bonds. The summed E-state index contributed by atoms with van der Waals surface area (Å²) >= 11 is 3.44. The molecular weight excluding hydrogens is 320 g/mol. The fourth-order valence-corrected chi connectivity index (χ4v) is 2.57. The van der Waals surface area contributed by atoms with Crippen molar-refractivity contribution in [2.24, 2.45) is 0 Å². The molecule has 0 aliphatic rings. The van der Waals surface area contributed by atoms with Gasteiger partial charge in [0.1, 0.15) is 11.9 Å². The van der Waals surface area contributed by atoms with Crippen LogP contribution in [0.4, 0.5) is 0 Å². The summed E-state index contributed by atoms with van der Waals surface area (Å²) < 4.78 is 8.20. The van der Waals surface area contributed by atoms with Crippen molar-refractivity contribution in [1.82, 2.24) is 9.78 Å². The standard InChI is InChI=1S/C15H19BrN2O2/c1-4-18-14(13(16)9-17-18)15(19)11-5-7-12(8-6-11)20-10(2)3/h5-10,15,19H,4H2,1-3H3. The Labute approximate surface area is 127 Å². The van der Waals surface area contributed by atoms with Gasteiger partial charge in [-0.25, -0.2) is 0 Å². The number of benzene rings is 1. The molecule has 1 unspecified atom stereocenters. The van der Waals surface area contributed by atoms with Gasteiger partial charge < -0.3 is 9.84 Å². The summed E-state index contributed by atoms with van der Waals surface area (Å²) in [5, 5.41) is 14.7. The molecular formula is C15H19BrN2O2. The molecule has 1 heterocycles. The number of hydrogen-bond donors (Lipinski definition) is 1. The zero-order valence-electron chi connectivity index (χ0n) is 11.9. The summed E-state index contributed by atoms with van der Waals surface area (Å²) in [6, 6.07) is 7.50. The van der Waals surface area contributed by atoms with Gasteiger partial charge in [-0.15, -0.1) is 0 Å². The van der Waals surface area contributed by atoms with Crippen molar-refractivity contribution in [2.45, 2.75) is 39.5 Å². The summed E-state index contributed by atoms with van der Waals surface area (Å²) in [5.74, 6) is 0.805. The van der Waals surface area contributed by atoms with Crippen molar-refractivity contribution in [3.8, 4) is 5.75 Å². The summed E-state index contributed by atoms with van der Waals surface area (Å²) in [5.41, 5.74) is 1.59. The summed E-state index contributed by atoms with van der Waals surface area (Å²) in [7, 11) is 0. The van der Waals surface area contributed by atoms with Crippen molar-refractivity contribution in [3.05, 3.63) is 46.2 Å². The molecule has 0 spiro atoms. The lowest BCUT2D eigenvalue weighted by Gasteiger charge is -2.15. The average molecular weight is 339 g/mol. The maximum atomic E-state index is 10.5. The van der Waals surface area contributed by atoms with Gasteiger partial charge in [0, 0.05) is 6.54 Å². The summed E-state index contributed by atoms with van der Waals surface area (Å²) in [6.45, 7) is 6.68. The molecule has 0 aliphatic heterocycles. The van der Waals surface area contributed by atoms with Crippen molar-refractivity contribution < 1.29 is 9.84 Å². The largest absolute Gasteiger partial charge is 0.491 e. The zero-order chi connectivity index (χ0) is 14.7. The maximum absolute atomic E-state index is 10.5. The number of nitrogens with zero attached hydrogens (tertiary/aromatic N) is 2. The first kappa shape index (κ1) is 15.1. The van der Waals surface area contributed by atoms with Gasteiger partial charge in [-0.1, -0.05) is 12.1 Å². The van der Waals surface area contributed by atoms with Crippen LogP contribution in [0.1, 0.15) is 38.1 Å². The average Bonchev–Trinajstić information content (AvgIpc) is 2.79. The van der Waals surface area contributed by atoms with E-state index in [0.29, 0.717) is 6.54 Å². The first-order chi connectivity index (χ1) is 9.52. The quantitative estimate of drug-likeness (QED) is 0.906. The first-order valence-corrected chi connectivity index (χ1v) is 7.48. The van der Waals surface area contributed by atoms with Crippen LogP contribution in [0.5, 0.6) is 5.75 Å². The van der Waals surface area contributed by atoms with E-state index in [9.17, 15) is 5.11 Å². The minimum absolute atomic E-state index is 0.140. The van der Waals surface area contributed by atoms with Crippen molar-refractivity contribution in [2.75, 3.05) is 0 Å². The Morgan fingerprint density at radius 1 is 1.30 bits per heavy atom. The number of rotatable bonds is 5. The number of aliphatic hydroxyl groups excluding tert-OH is 1. The lowest BCUT2D eigenvalue weighted by Crippen LogP contribution is -2.10. The van der Waals surface area contributed by atoms with Crippen LogP contribution in [0.2, 0.25) is 0 Å². The fourth-order valence-electron chi connectivity index (χ4n) is 2.05. The second-order valence-corrected chi connectivity index (χ2v) is 5.69. The molecule has 0 saturated carbocycles. The molecule has 4 nitrogen and oxygen atoms in total. The van der Waals surface area contributed by atoms with E-state index in [1.807, 2.05) is 45.0 Å². The van der Waals surface area contributed by atoms with Crippen LogP contribution >= 0.6 is 15.9 Å². The van der Waals surface area contributed by atoms with Crippen molar-refractivity contribution in [1.29, 1.82) is 0 Å². The van der Waals surface area contributed by atoms with E-state index in [2.05, 4.69) is 21.0 Å². The van der Waals surface area contributed by atoms with Crippen LogP contribution in [0, 0.1) is 0 Å². The fraction of sp³-hybridized carbons (Fsp3) is 0.400. The van der Waals surface area contributed by atoms with Gasteiger partial charge in [0.25, 0.3) is 0 Å². The third-order valence-electron chi connectivity index (χ3n) is 2.96. The van der Waals surface area contributed by atoms with Crippen LogP contribution in [0.25, 0.3) is 0 Å². The van der Waals surface area contributed by atoms with Crippen molar-refractivity contribution in [3.63, 3.8) is 0 Å². The zero-order valence-corrected chi connectivity index (χ0v) is 13.5. The molecule has 20 heavy (non-hydrogen) atoms. The molecule has 0 saturated heterocycles. The number of aromatic nitrogens is 2. The van der Waals surface area contributed by atoms with Gasteiger partial charge in [-0.05, 0) is 54.4 Å². The third-order valence-corrected chi connectivity index (χ3v) is 3.57. The highest BCUT2D eigenvalue weighted by molar-refractivity contribution is 9.10. The summed E-state index contributed by atoms with van der Waals surface area (Å²) in [4.78, 5) is 0. The van der Waals surface area contributed by atoms with E-state index in [0.717, 1.165) is 21.5 Å². The van der Waals surface area contributed by atoms with E-state index < -0.39 is 6.10 Å². The Balaban J connectivity index is 2.24. The highest BCUT2D eigenvalue weighted by Crippen LogP contribution is 2.29. The van der Waals surface area contributed by atoms with Crippen molar-refractivity contribution >= 4 is 15.9 Å². The van der Waals surface area contributed by atoms with E-state index in [1.54, 1.807) is 10.9 Å². The SMILES string of the molecule is CCn1ncc(Br)c1C(O)c1ccc(OC(C)C)cc1. The minimum Gasteiger partial charge on any atom is -0.491 e. The van der Waals surface area contributed by atoms with E-state index in [4.69, 9.17) is 4.74 Å². The van der Waals surface area contributed by atoms with Crippen LogP contribution in [0.3, 0.4) is 0 Å². The minimum atomic E-state index is -0.708. The molecule has 0 fully saturated rings. The molecule has 2 aromatic rings. The van der Waals surface area contributed by atoms with Gasteiger partial charge in [0.15, 0.2) is 0 Å².